The molecule has 106 valence electrons. The van der Waals surface area contributed by atoms with Gasteiger partial charge in [0.25, 0.3) is 5.91 Å². The molecular formula is C15H23FN2O. The predicted molar refractivity (Wildman–Crippen MR) is 76.6 cm³/mol. The second-order valence-corrected chi connectivity index (χ2v) is 5.34. The van der Waals surface area contributed by atoms with Gasteiger partial charge in [0.1, 0.15) is 5.82 Å². The second-order valence-electron chi connectivity index (χ2n) is 5.34. The van der Waals surface area contributed by atoms with Crippen molar-refractivity contribution in [3.8, 4) is 0 Å². The summed E-state index contributed by atoms with van der Waals surface area (Å²) in [5.41, 5.74) is 6.46. The van der Waals surface area contributed by atoms with Crippen molar-refractivity contribution >= 4 is 11.6 Å². The first kappa shape index (κ1) is 15.5. The first-order valence-electron chi connectivity index (χ1n) is 6.75. The molecule has 1 amide bonds. The Morgan fingerprint density at radius 3 is 2.68 bits per heavy atom. The van der Waals surface area contributed by atoms with Crippen LogP contribution in [0, 0.1) is 18.7 Å². The Morgan fingerprint density at radius 2 is 2.05 bits per heavy atom. The zero-order chi connectivity index (χ0) is 14.4. The van der Waals surface area contributed by atoms with Gasteiger partial charge in [-0.2, -0.15) is 0 Å². The highest BCUT2D eigenvalue weighted by Crippen LogP contribution is 2.17. The second kappa shape index (κ2) is 7.12. The van der Waals surface area contributed by atoms with Gasteiger partial charge in [0, 0.05) is 12.2 Å². The van der Waals surface area contributed by atoms with Crippen molar-refractivity contribution in [1.82, 2.24) is 5.32 Å². The quantitative estimate of drug-likeness (QED) is 0.613. The van der Waals surface area contributed by atoms with E-state index in [-0.39, 0.29) is 5.56 Å². The molecular weight excluding hydrogens is 243 g/mol. The molecule has 0 unspecified atom stereocenters. The van der Waals surface area contributed by atoms with Gasteiger partial charge in [-0.1, -0.05) is 26.7 Å². The van der Waals surface area contributed by atoms with Crippen molar-refractivity contribution in [1.29, 1.82) is 0 Å². The van der Waals surface area contributed by atoms with E-state index in [0.717, 1.165) is 19.3 Å². The van der Waals surface area contributed by atoms with E-state index in [4.69, 9.17) is 5.73 Å². The molecule has 3 N–H and O–H groups in total. The van der Waals surface area contributed by atoms with Gasteiger partial charge >= 0.3 is 0 Å². The topological polar surface area (TPSA) is 55.1 Å². The maximum atomic E-state index is 13.8. The number of amides is 1. The Hall–Kier alpha value is -1.58. The number of nitrogens with two attached hydrogens (primary N) is 1. The lowest BCUT2D eigenvalue weighted by Gasteiger charge is -2.09. The van der Waals surface area contributed by atoms with Crippen molar-refractivity contribution in [3.63, 3.8) is 0 Å². The highest BCUT2D eigenvalue weighted by atomic mass is 19.1. The highest BCUT2D eigenvalue weighted by Gasteiger charge is 2.14. The maximum Gasteiger partial charge on any atom is 0.254 e. The standard InChI is InChI=1S/C15H23FN2O/c1-10(2)6-4-5-7-18-15(19)13-9-12(17)8-11(3)14(13)16/h8-10H,4-7,17H2,1-3H3,(H,18,19). The zero-order valence-electron chi connectivity index (χ0n) is 11.9. The van der Waals surface area contributed by atoms with E-state index in [2.05, 4.69) is 19.2 Å². The number of hydrogen-bond donors (Lipinski definition) is 2. The Labute approximate surface area is 114 Å². The summed E-state index contributed by atoms with van der Waals surface area (Å²) in [6, 6.07) is 2.90. The normalized spacial score (nSPS) is 10.8. The van der Waals surface area contributed by atoms with Crippen molar-refractivity contribution in [2.24, 2.45) is 5.92 Å². The molecule has 0 spiro atoms. The lowest BCUT2D eigenvalue weighted by Crippen LogP contribution is -2.25. The van der Waals surface area contributed by atoms with Crippen LogP contribution in [0.5, 0.6) is 0 Å². The monoisotopic (exact) mass is 266 g/mol. The minimum atomic E-state index is -0.492. The predicted octanol–water partition coefficient (Wildman–Crippen LogP) is 3.27. The molecule has 4 heteroatoms. The van der Waals surface area contributed by atoms with Crippen LogP contribution in [0.15, 0.2) is 12.1 Å². The number of carbonyl (C=O) groups is 1. The maximum absolute atomic E-state index is 13.8. The minimum Gasteiger partial charge on any atom is -0.399 e. The van der Waals surface area contributed by atoms with Crippen molar-refractivity contribution < 1.29 is 9.18 Å². The third-order valence-corrected chi connectivity index (χ3v) is 3.02. The minimum absolute atomic E-state index is 0.0290. The van der Waals surface area contributed by atoms with Crippen molar-refractivity contribution in [2.45, 2.75) is 40.0 Å². The number of rotatable bonds is 6. The molecule has 0 atom stereocenters. The van der Waals surface area contributed by atoms with E-state index < -0.39 is 11.7 Å². The van der Waals surface area contributed by atoms with Gasteiger partial charge < -0.3 is 11.1 Å². The molecule has 1 aromatic rings. The van der Waals surface area contributed by atoms with Gasteiger partial charge in [0.15, 0.2) is 0 Å². The first-order valence-corrected chi connectivity index (χ1v) is 6.75. The number of hydrogen-bond acceptors (Lipinski definition) is 2. The van der Waals surface area contributed by atoms with E-state index in [1.807, 2.05) is 0 Å². The number of unbranched alkanes of at least 4 members (excludes halogenated alkanes) is 1. The molecule has 0 radical (unpaired) electrons. The van der Waals surface area contributed by atoms with E-state index in [0.29, 0.717) is 23.7 Å². The molecule has 0 saturated carbocycles. The van der Waals surface area contributed by atoms with E-state index in [9.17, 15) is 9.18 Å². The van der Waals surface area contributed by atoms with Gasteiger partial charge in [0.2, 0.25) is 0 Å². The van der Waals surface area contributed by atoms with Crippen LogP contribution < -0.4 is 11.1 Å². The molecule has 0 aliphatic heterocycles. The Balaban J connectivity index is 2.50. The lowest BCUT2D eigenvalue weighted by molar-refractivity contribution is 0.0948. The Bertz CT molecular complexity index is 444. The lowest BCUT2D eigenvalue weighted by atomic mass is 10.1. The number of benzene rings is 1. The van der Waals surface area contributed by atoms with Gasteiger partial charge in [0.05, 0.1) is 5.56 Å². The van der Waals surface area contributed by atoms with Crippen molar-refractivity contribution in [3.05, 3.63) is 29.1 Å². The van der Waals surface area contributed by atoms with Gasteiger partial charge in [-0.05, 0) is 37.0 Å². The van der Waals surface area contributed by atoms with Crippen LogP contribution in [0.3, 0.4) is 0 Å². The molecule has 0 aliphatic carbocycles. The molecule has 0 heterocycles. The summed E-state index contributed by atoms with van der Waals surface area (Å²) in [7, 11) is 0. The molecule has 1 rings (SSSR count). The molecule has 0 aliphatic rings. The van der Waals surface area contributed by atoms with E-state index in [1.165, 1.54) is 12.1 Å². The average Bonchev–Trinajstić information content (AvgIpc) is 2.32. The van der Waals surface area contributed by atoms with E-state index >= 15 is 0 Å². The zero-order valence-corrected chi connectivity index (χ0v) is 11.9. The van der Waals surface area contributed by atoms with Crippen LogP contribution in [0.25, 0.3) is 0 Å². The number of nitrogen functional groups attached to an aromatic ring is 1. The van der Waals surface area contributed by atoms with Gasteiger partial charge in [-0.25, -0.2) is 4.39 Å². The van der Waals surface area contributed by atoms with Gasteiger partial charge in [-0.15, -0.1) is 0 Å². The molecule has 0 bridgehead atoms. The summed E-state index contributed by atoms with van der Waals surface area (Å²) in [5.74, 6) is -0.212. The summed E-state index contributed by atoms with van der Waals surface area (Å²) >= 11 is 0. The molecule has 3 nitrogen and oxygen atoms in total. The average molecular weight is 266 g/mol. The van der Waals surface area contributed by atoms with Crippen molar-refractivity contribution in [2.75, 3.05) is 12.3 Å². The first-order chi connectivity index (χ1) is 8.91. The van der Waals surface area contributed by atoms with Crippen LogP contribution in [0.4, 0.5) is 10.1 Å². The molecule has 19 heavy (non-hydrogen) atoms. The fourth-order valence-electron chi connectivity index (χ4n) is 1.94. The summed E-state index contributed by atoms with van der Waals surface area (Å²) < 4.78 is 13.8. The fourth-order valence-corrected chi connectivity index (χ4v) is 1.94. The van der Waals surface area contributed by atoms with Crippen LogP contribution in [-0.2, 0) is 0 Å². The fraction of sp³-hybridized carbons (Fsp3) is 0.533. The summed E-state index contributed by atoms with van der Waals surface area (Å²) in [6.45, 7) is 6.51. The third kappa shape index (κ3) is 4.89. The Kier molecular flexibility index (Phi) is 5.80. The molecule has 0 fully saturated rings. The molecule has 0 saturated heterocycles. The summed E-state index contributed by atoms with van der Waals surface area (Å²) in [6.07, 6.45) is 3.12. The highest BCUT2D eigenvalue weighted by molar-refractivity contribution is 5.95. The third-order valence-electron chi connectivity index (χ3n) is 3.02. The number of halogens is 1. The molecule has 0 aromatic heterocycles. The van der Waals surface area contributed by atoms with Crippen LogP contribution in [0.1, 0.15) is 49.0 Å². The van der Waals surface area contributed by atoms with Gasteiger partial charge in [-0.3, -0.25) is 4.79 Å². The van der Waals surface area contributed by atoms with Crippen LogP contribution in [0.2, 0.25) is 0 Å². The van der Waals surface area contributed by atoms with E-state index in [1.54, 1.807) is 6.92 Å². The van der Waals surface area contributed by atoms with Crippen LogP contribution in [-0.4, -0.2) is 12.5 Å². The van der Waals surface area contributed by atoms with Crippen LogP contribution >= 0.6 is 0 Å². The Morgan fingerprint density at radius 1 is 1.37 bits per heavy atom. The smallest absolute Gasteiger partial charge is 0.254 e. The SMILES string of the molecule is Cc1cc(N)cc(C(=O)NCCCCC(C)C)c1F. The number of anilines is 1. The number of nitrogens with one attached hydrogen (secondary N) is 1. The number of aryl methyl sites for hydroxylation is 1. The largest absolute Gasteiger partial charge is 0.399 e. The summed E-state index contributed by atoms with van der Waals surface area (Å²) in [5, 5.41) is 2.73. The molecule has 1 aromatic carbocycles. The summed E-state index contributed by atoms with van der Waals surface area (Å²) in [4.78, 5) is 11.9. The number of carbonyl (C=O) groups excluding carboxylic acids is 1.